The molecule has 2 amide bonds. The van der Waals surface area contributed by atoms with Crippen molar-refractivity contribution in [3.05, 3.63) is 87.2 Å². The number of anilines is 2. The van der Waals surface area contributed by atoms with E-state index in [1.165, 1.54) is 19.2 Å². The molecule has 172 valence electrons. The largest absolute Gasteiger partial charge is 0.465 e. The molecule has 0 saturated heterocycles. The Morgan fingerprint density at radius 2 is 1.82 bits per heavy atom. The quantitative estimate of drug-likeness (QED) is 0.343. The maximum absolute atomic E-state index is 14.1. The second kappa shape index (κ2) is 7.69. The summed E-state index contributed by atoms with van der Waals surface area (Å²) >= 11 is 12.0. The predicted octanol–water partition coefficient (Wildman–Crippen LogP) is 4.98. The van der Waals surface area contributed by atoms with Crippen molar-refractivity contribution in [2.24, 2.45) is 0 Å². The number of H-pyrrole nitrogens is 1. The van der Waals surface area contributed by atoms with Gasteiger partial charge >= 0.3 is 6.09 Å². The number of aliphatic hydroxyl groups is 1. The van der Waals surface area contributed by atoms with Gasteiger partial charge in [0.25, 0.3) is 5.91 Å². The number of fused-ring (bicyclic) bond motifs is 2. The van der Waals surface area contributed by atoms with Gasteiger partial charge in [-0.05, 0) is 30.3 Å². The van der Waals surface area contributed by atoms with E-state index in [2.05, 4.69) is 9.97 Å². The first-order valence-electron chi connectivity index (χ1n) is 9.90. The summed E-state index contributed by atoms with van der Waals surface area (Å²) in [5, 5.41) is 20.7. The average molecular weight is 501 g/mol. The lowest BCUT2D eigenvalue weighted by atomic mass is 9.93. The van der Waals surface area contributed by atoms with E-state index in [0.717, 1.165) is 9.80 Å². The summed E-state index contributed by atoms with van der Waals surface area (Å²) < 4.78 is 14.1. The first-order valence-corrected chi connectivity index (χ1v) is 10.7. The Morgan fingerprint density at radius 1 is 1.15 bits per heavy atom. The number of imidazole rings is 1. The van der Waals surface area contributed by atoms with E-state index >= 15 is 0 Å². The fourth-order valence-electron chi connectivity index (χ4n) is 4.08. The van der Waals surface area contributed by atoms with Gasteiger partial charge in [0.2, 0.25) is 5.95 Å². The second-order valence-corrected chi connectivity index (χ2v) is 8.53. The minimum atomic E-state index is -2.00. The van der Waals surface area contributed by atoms with Crippen LogP contribution in [0.3, 0.4) is 0 Å². The lowest BCUT2D eigenvalue weighted by molar-refractivity contribution is 0.0704. The van der Waals surface area contributed by atoms with Crippen LogP contribution >= 0.6 is 23.2 Å². The lowest BCUT2D eigenvalue weighted by Crippen LogP contribution is -2.45. The number of carboxylic acid groups (broad SMARTS) is 1. The molecular formula is C23H15Cl2FN4O4. The smallest absolute Gasteiger partial charge is 0.413 e. The SMILES string of the molecule is CN(C(=O)O)c1nc2ccc(C3(O)c4ccccc4C(=O)N3c3cc(Cl)c(F)c(Cl)c3)cc2[nH]1. The summed E-state index contributed by atoms with van der Waals surface area (Å²) in [7, 11) is 1.34. The van der Waals surface area contributed by atoms with Crippen LogP contribution in [0.2, 0.25) is 10.0 Å². The minimum Gasteiger partial charge on any atom is -0.465 e. The number of amides is 2. The molecule has 1 aliphatic heterocycles. The van der Waals surface area contributed by atoms with Crippen molar-refractivity contribution >= 4 is 57.9 Å². The van der Waals surface area contributed by atoms with E-state index in [4.69, 9.17) is 23.2 Å². The van der Waals surface area contributed by atoms with E-state index in [0.29, 0.717) is 16.6 Å². The Bertz CT molecular complexity index is 1480. The number of carbonyl (C=O) groups excluding carboxylic acids is 1. The highest BCUT2D eigenvalue weighted by atomic mass is 35.5. The molecule has 0 radical (unpaired) electrons. The normalized spacial score (nSPS) is 17.3. The standard InChI is InChI=1S/C23H15Cl2FN4O4/c1-29(22(32)33)21-27-17-7-6-11(8-18(17)28-21)23(34)14-5-3-2-4-13(14)20(31)30(23)12-9-15(24)19(26)16(25)10-12/h2-10,34H,1H3,(H,27,28)(H,32,33). The topological polar surface area (TPSA) is 110 Å². The van der Waals surface area contributed by atoms with Crippen molar-refractivity contribution in [3.8, 4) is 0 Å². The number of aromatic amines is 1. The molecule has 2 heterocycles. The zero-order chi connectivity index (χ0) is 24.4. The first-order chi connectivity index (χ1) is 16.1. The molecule has 11 heteroatoms. The number of carbonyl (C=O) groups is 2. The zero-order valence-corrected chi connectivity index (χ0v) is 18.9. The van der Waals surface area contributed by atoms with E-state index in [9.17, 15) is 24.2 Å². The molecule has 0 fully saturated rings. The number of nitrogens with zero attached hydrogens (tertiary/aromatic N) is 3. The highest BCUT2D eigenvalue weighted by Crippen LogP contribution is 2.46. The van der Waals surface area contributed by atoms with Crippen molar-refractivity contribution in [2.45, 2.75) is 5.72 Å². The van der Waals surface area contributed by atoms with Crippen LogP contribution in [0.4, 0.5) is 20.8 Å². The monoisotopic (exact) mass is 500 g/mol. The van der Waals surface area contributed by atoms with Crippen LogP contribution in [0.15, 0.2) is 54.6 Å². The van der Waals surface area contributed by atoms with Crippen molar-refractivity contribution in [3.63, 3.8) is 0 Å². The van der Waals surface area contributed by atoms with Gasteiger partial charge in [-0.3, -0.25) is 14.6 Å². The maximum Gasteiger partial charge on any atom is 0.413 e. The van der Waals surface area contributed by atoms with Crippen LogP contribution in [0.25, 0.3) is 11.0 Å². The van der Waals surface area contributed by atoms with E-state index < -0.39 is 23.5 Å². The molecule has 3 N–H and O–H groups in total. The Kier molecular flexibility index (Phi) is 5.01. The van der Waals surface area contributed by atoms with E-state index in [-0.39, 0.29) is 32.8 Å². The van der Waals surface area contributed by atoms with Crippen molar-refractivity contribution < 1.29 is 24.2 Å². The van der Waals surface area contributed by atoms with Gasteiger partial charge in [-0.15, -0.1) is 0 Å². The molecule has 1 aliphatic rings. The minimum absolute atomic E-state index is 0.0866. The van der Waals surface area contributed by atoms with Crippen LogP contribution in [-0.4, -0.2) is 39.2 Å². The molecule has 1 unspecified atom stereocenters. The lowest BCUT2D eigenvalue weighted by Gasteiger charge is -2.35. The van der Waals surface area contributed by atoms with Crippen LogP contribution in [0.1, 0.15) is 21.5 Å². The Morgan fingerprint density at radius 3 is 2.50 bits per heavy atom. The van der Waals surface area contributed by atoms with Crippen molar-refractivity contribution in [1.82, 2.24) is 9.97 Å². The number of rotatable bonds is 3. The molecule has 0 saturated carbocycles. The first kappa shape index (κ1) is 22.1. The fourth-order valence-corrected chi connectivity index (χ4v) is 4.56. The number of hydrogen-bond donors (Lipinski definition) is 3. The third-order valence-electron chi connectivity index (χ3n) is 5.76. The molecule has 1 atom stereocenters. The van der Waals surface area contributed by atoms with Crippen molar-refractivity contribution in [2.75, 3.05) is 16.8 Å². The van der Waals surface area contributed by atoms with E-state index in [1.807, 2.05) is 0 Å². The van der Waals surface area contributed by atoms with E-state index in [1.54, 1.807) is 42.5 Å². The van der Waals surface area contributed by atoms with Gasteiger partial charge in [0, 0.05) is 23.7 Å². The Hall–Kier alpha value is -3.66. The number of aromatic nitrogens is 2. The molecular weight excluding hydrogens is 486 g/mol. The Balaban J connectivity index is 1.73. The number of benzene rings is 3. The van der Waals surface area contributed by atoms with Gasteiger partial charge in [-0.2, -0.15) is 0 Å². The highest BCUT2D eigenvalue weighted by molar-refractivity contribution is 6.35. The molecule has 1 aromatic heterocycles. The summed E-state index contributed by atoms with van der Waals surface area (Å²) in [5.41, 5.74) is -0.195. The predicted molar refractivity (Wildman–Crippen MR) is 125 cm³/mol. The van der Waals surface area contributed by atoms with Gasteiger partial charge in [0.1, 0.15) is 0 Å². The molecule has 8 nitrogen and oxygen atoms in total. The molecule has 4 aromatic rings. The number of hydrogen-bond acceptors (Lipinski definition) is 4. The van der Waals surface area contributed by atoms with Crippen LogP contribution in [-0.2, 0) is 5.72 Å². The average Bonchev–Trinajstić information content (AvgIpc) is 3.34. The second-order valence-electron chi connectivity index (χ2n) is 7.72. The third kappa shape index (κ3) is 3.12. The summed E-state index contributed by atoms with van der Waals surface area (Å²) in [6.07, 6.45) is -1.20. The summed E-state index contributed by atoms with van der Waals surface area (Å²) in [4.78, 5) is 33.9. The number of nitrogens with one attached hydrogen (secondary N) is 1. The summed E-state index contributed by atoms with van der Waals surface area (Å²) in [6.45, 7) is 0. The molecule has 0 spiro atoms. The fraction of sp³-hybridized carbons (Fsp3) is 0.0870. The molecule has 34 heavy (non-hydrogen) atoms. The highest BCUT2D eigenvalue weighted by Gasteiger charge is 2.51. The van der Waals surface area contributed by atoms with Crippen LogP contribution < -0.4 is 9.80 Å². The molecule has 3 aromatic carbocycles. The van der Waals surface area contributed by atoms with Gasteiger partial charge in [-0.1, -0.05) is 47.5 Å². The van der Waals surface area contributed by atoms with Gasteiger partial charge in [0.05, 0.1) is 26.8 Å². The molecule has 0 aliphatic carbocycles. The number of halogens is 3. The van der Waals surface area contributed by atoms with Gasteiger partial charge in [-0.25, -0.2) is 14.2 Å². The maximum atomic E-state index is 14.1. The van der Waals surface area contributed by atoms with Crippen LogP contribution in [0.5, 0.6) is 0 Å². The van der Waals surface area contributed by atoms with Gasteiger partial charge < -0.3 is 15.2 Å². The molecule has 5 rings (SSSR count). The Labute approximate surface area is 201 Å². The van der Waals surface area contributed by atoms with Gasteiger partial charge in [0.15, 0.2) is 11.5 Å². The molecule has 0 bridgehead atoms. The van der Waals surface area contributed by atoms with Crippen molar-refractivity contribution in [1.29, 1.82) is 0 Å². The zero-order valence-electron chi connectivity index (χ0n) is 17.4. The summed E-state index contributed by atoms with van der Waals surface area (Å²) in [6, 6.07) is 13.7. The van der Waals surface area contributed by atoms with Crippen LogP contribution in [0, 0.1) is 5.82 Å². The third-order valence-corrected chi connectivity index (χ3v) is 6.31. The summed E-state index contributed by atoms with van der Waals surface area (Å²) in [5.74, 6) is -1.29.